The minimum atomic E-state index is -0.352. The minimum absolute atomic E-state index is 0.125. The van der Waals surface area contributed by atoms with Gasteiger partial charge in [-0.05, 0) is 39.2 Å². The van der Waals surface area contributed by atoms with Crippen LogP contribution < -0.4 is 10.6 Å². The smallest absolute Gasteiger partial charge is 0.240 e. The van der Waals surface area contributed by atoms with Crippen molar-refractivity contribution in [1.29, 1.82) is 0 Å². The minimum Gasteiger partial charge on any atom is -0.382 e. The zero-order valence-corrected chi connectivity index (χ0v) is 11.6. The lowest BCUT2D eigenvalue weighted by atomic mass is 9.99. The van der Waals surface area contributed by atoms with E-state index in [4.69, 9.17) is 9.47 Å². The predicted octanol–water partition coefficient (Wildman–Crippen LogP) is 0.688. The van der Waals surface area contributed by atoms with Crippen LogP contribution in [0.5, 0.6) is 0 Å². The monoisotopic (exact) mass is 258 g/mol. The Hall–Kier alpha value is -0.650. The molecule has 0 radical (unpaired) electrons. The Morgan fingerprint density at radius 1 is 1.33 bits per heavy atom. The molecule has 1 aliphatic rings. The van der Waals surface area contributed by atoms with Gasteiger partial charge in [0, 0.05) is 20.3 Å². The molecule has 5 nitrogen and oxygen atoms in total. The third kappa shape index (κ3) is 5.33. The first kappa shape index (κ1) is 15.4. The van der Waals surface area contributed by atoms with Crippen molar-refractivity contribution in [3.05, 3.63) is 0 Å². The number of ether oxygens (including phenoxy) is 2. The second kappa shape index (κ2) is 8.45. The average Bonchev–Trinajstić information content (AvgIpc) is 2.81. The second-order valence-corrected chi connectivity index (χ2v) is 4.93. The van der Waals surface area contributed by atoms with E-state index < -0.39 is 0 Å². The highest BCUT2D eigenvalue weighted by atomic mass is 16.5. The van der Waals surface area contributed by atoms with Gasteiger partial charge < -0.3 is 20.1 Å². The van der Waals surface area contributed by atoms with Crippen LogP contribution in [0.3, 0.4) is 0 Å². The molecule has 1 heterocycles. The fourth-order valence-electron chi connectivity index (χ4n) is 2.06. The highest BCUT2D eigenvalue weighted by Gasteiger charge is 2.35. The number of carbonyl (C=O) groups excluding carboxylic acids is 1. The summed E-state index contributed by atoms with van der Waals surface area (Å²) in [5, 5.41) is 6.24. The Morgan fingerprint density at radius 2 is 2.17 bits per heavy atom. The molecule has 0 aromatic heterocycles. The summed E-state index contributed by atoms with van der Waals surface area (Å²) in [7, 11) is 1.66. The quantitative estimate of drug-likeness (QED) is 0.597. The number of hydrogen-bond acceptors (Lipinski definition) is 4. The van der Waals surface area contributed by atoms with E-state index in [2.05, 4.69) is 10.6 Å². The number of rotatable bonds is 9. The van der Waals surface area contributed by atoms with Crippen LogP contribution in [-0.2, 0) is 14.3 Å². The lowest BCUT2D eigenvalue weighted by molar-refractivity contribution is -0.126. The first-order valence-electron chi connectivity index (χ1n) is 6.79. The van der Waals surface area contributed by atoms with Crippen LogP contribution in [0.15, 0.2) is 0 Å². The van der Waals surface area contributed by atoms with Crippen molar-refractivity contribution in [2.75, 3.05) is 40.0 Å². The van der Waals surface area contributed by atoms with Crippen molar-refractivity contribution < 1.29 is 14.3 Å². The van der Waals surface area contributed by atoms with E-state index >= 15 is 0 Å². The van der Waals surface area contributed by atoms with Gasteiger partial charge in [0.05, 0.1) is 18.8 Å². The Labute approximate surface area is 110 Å². The number of nitrogens with one attached hydrogen (secondary N) is 2. The largest absolute Gasteiger partial charge is 0.382 e. The van der Waals surface area contributed by atoms with Gasteiger partial charge in [-0.1, -0.05) is 0 Å². The van der Waals surface area contributed by atoms with Gasteiger partial charge in [-0.2, -0.15) is 0 Å². The molecule has 0 saturated carbocycles. The molecule has 1 unspecified atom stereocenters. The van der Waals surface area contributed by atoms with Crippen molar-refractivity contribution in [1.82, 2.24) is 10.6 Å². The third-order valence-electron chi connectivity index (χ3n) is 3.30. The summed E-state index contributed by atoms with van der Waals surface area (Å²) >= 11 is 0. The molecule has 0 spiro atoms. The van der Waals surface area contributed by atoms with Gasteiger partial charge in [0.25, 0.3) is 0 Å². The molecule has 1 saturated heterocycles. The van der Waals surface area contributed by atoms with E-state index in [9.17, 15) is 4.79 Å². The zero-order chi connectivity index (χ0) is 13.3. The molecular formula is C13H26N2O3. The Kier molecular flexibility index (Phi) is 7.23. The van der Waals surface area contributed by atoms with Gasteiger partial charge in [-0.3, -0.25) is 4.79 Å². The maximum absolute atomic E-state index is 11.9. The molecule has 0 aromatic rings. The summed E-state index contributed by atoms with van der Waals surface area (Å²) in [5.74, 6) is 0.125. The molecule has 0 aromatic carbocycles. The second-order valence-electron chi connectivity index (χ2n) is 4.93. The molecule has 2 N–H and O–H groups in total. The predicted molar refractivity (Wildman–Crippen MR) is 70.6 cm³/mol. The van der Waals surface area contributed by atoms with Crippen LogP contribution in [0.2, 0.25) is 0 Å². The Bertz CT molecular complexity index is 240. The van der Waals surface area contributed by atoms with Crippen LogP contribution >= 0.6 is 0 Å². The maximum atomic E-state index is 11.9. The standard InChI is InChI=1S/C13H26N2O3/c1-13(6-5-8-15-13)12(16)14-7-3-4-9-18-11-10-17-2/h15H,3-11H2,1-2H3,(H,14,16). The molecule has 1 atom stereocenters. The molecule has 0 aliphatic carbocycles. The summed E-state index contributed by atoms with van der Waals surface area (Å²) in [6.45, 7) is 5.66. The van der Waals surface area contributed by atoms with Crippen molar-refractivity contribution in [3.63, 3.8) is 0 Å². The van der Waals surface area contributed by atoms with Crippen LogP contribution in [0.1, 0.15) is 32.6 Å². The first-order valence-corrected chi connectivity index (χ1v) is 6.79. The van der Waals surface area contributed by atoms with Crippen LogP contribution in [0.4, 0.5) is 0 Å². The summed E-state index contributed by atoms with van der Waals surface area (Å²) in [6.07, 6.45) is 3.93. The van der Waals surface area contributed by atoms with Crippen LogP contribution in [0, 0.1) is 0 Å². The van der Waals surface area contributed by atoms with Gasteiger partial charge in [0.2, 0.25) is 5.91 Å². The van der Waals surface area contributed by atoms with Crippen molar-refractivity contribution in [2.24, 2.45) is 0 Å². The normalized spacial score (nSPS) is 23.2. The molecule has 1 fully saturated rings. The zero-order valence-electron chi connectivity index (χ0n) is 11.6. The van der Waals surface area contributed by atoms with E-state index in [1.165, 1.54) is 0 Å². The Morgan fingerprint density at radius 3 is 2.83 bits per heavy atom. The number of amides is 1. The van der Waals surface area contributed by atoms with E-state index in [-0.39, 0.29) is 11.4 Å². The van der Waals surface area contributed by atoms with Crippen LogP contribution in [0.25, 0.3) is 0 Å². The Balaban J connectivity index is 1.96. The van der Waals surface area contributed by atoms with Crippen molar-refractivity contribution in [2.45, 2.75) is 38.1 Å². The van der Waals surface area contributed by atoms with Gasteiger partial charge in [0.1, 0.15) is 0 Å². The summed E-state index contributed by atoms with van der Waals surface area (Å²) in [6, 6.07) is 0. The third-order valence-corrected chi connectivity index (χ3v) is 3.30. The molecular weight excluding hydrogens is 232 g/mol. The first-order chi connectivity index (χ1) is 8.69. The van der Waals surface area contributed by atoms with Crippen molar-refractivity contribution in [3.8, 4) is 0 Å². The maximum Gasteiger partial charge on any atom is 0.240 e. The van der Waals surface area contributed by atoms with Crippen LogP contribution in [-0.4, -0.2) is 51.5 Å². The SMILES string of the molecule is COCCOCCCCNC(=O)C1(C)CCCN1. The molecule has 0 bridgehead atoms. The number of hydrogen-bond donors (Lipinski definition) is 2. The molecule has 18 heavy (non-hydrogen) atoms. The number of carbonyl (C=O) groups is 1. The highest BCUT2D eigenvalue weighted by molar-refractivity contribution is 5.86. The molecule has 1 amide bonds. The highest BCUT2D eigenvalue weighted by Crippen LogP contribution is 2.18. The number of unbranched alkanes of at least 4 members (excludes halogenated alkanes) is 1. The van der Waals surface area contributed by atoms with Crippen molar-refractivity contribution >= 4 is 5.91 Å². The summed E-state index contributed by atoms with van der Waals surface area (Å²) in [5.41, 5.74) is -0.352. The summed E-state index contributed by atoms with van der Waals surface area (Å²) in [4.78, 5) is 11.9. The van der Waals surface area contributed by atoms with Gasteiger partial charge in [-0.15, -0.1) is 0 Å². The lowest BCUT2D eigenvalue weighted by Gasteiger charge is -2.22. The molecule has 1 rings (SSSR count). The molecule has 1 aliphatic heterocycles. The number of methoxy groups -OCH3 is 1. The van der Waals surface area contributed by atoms with E-state index in [0.717, 1.165) is 45.4 Å². The summed E-state index contributed by atoms with van der Waals surface area (Å²) < 4.78 is 10.2. The van der Waals surface area contributed by atoms with Gasteiger partial charge in [-0.25, -0.2) is 0 Å². The fourth-order valence-corrected chi connectivity index (χ4v) is 2.06. The van der Waals surface area contributed by atoms with E-state index in [0.29, 0.717) is 13.2 Å². The topological polar surface area (TPSA) is 59.6 Å². The van der Waals surface area contributed by atoms with E-state index in [1.807, 2.05) is 6.92 Å². The van der Waals surface area contributed by atoms with Gasteiger partial charge >= 0.3 is 0 Å². The van der Waals surface area contributed by atoms with Gasteiger partial charge in [0.15, 0.2) is 0 Å². The van der Waals surface area contributed by atoms with E-state index in [1.54, 1.807) is 7.11 Å². The average molecular weight is 258 g/mol. The fraction of sp³-hybridized carbons (Fsp3) is 0.923. The lowest BCUT2D eigenvalue weighted by Crippen LogP contribution is -2.51. The molecule has 5 heteroatoms. The molecule has 106 valence electrons.